The van der Waals surface area contributed by atoms with E-state index in [0.717, 1.165) is 5.56 Å². The summed E-state index contributed by atoms with van der Waals surface area (Å²) >= 11 is 0. The lowest BCUT2D eigenvalue weighted by molar-refractivity contribution is -0.136. The maximum atomic E-state index is 12.1. The van der Waals surface area contributed by atoms with E-state index < -0.39 is 6.04 Å². The fraction of sp³-hybridized carbons (Fsp3) is 0.429. The molecule has 0 bridgehead atoms. The second-order valence-corrected chi connectivity index (χ2v) is 4.80. The van der Waals surface area contributed by atoms with Crippen LogP contribution in [0.4, 0.5) is 0 Å². The molecule has 0 saturated carbocycles. The molecule has 0 saturated heterocycles. The number of rotatable bonds is 5. The maximum Gasteiger partial charge on any atom is 0.244 e. The van der Waals surface area contributed by atoms with Crippen LogP contribution in [0, 0.1) is 0 Å². The minimum atomic E-state index is -0.738. The molecule has 0 fully saturated rings. The fourth-order valence-corrected chi connectivity index (χ4v) is 1.70. The van der Waals surface area contributed by atoms with Gasteiger partial charge in [0.05, 0.1) is 6.54 Å². The Morgan fingerprint density at radius 3 is 2.37 bits per heavy atom. The number of benzene rings is 1. The zero-order valence-corrected chi connectivity index (χ0v) is 11.6. The van der Waals surface area contributed by atoms with Crippen LogP contribution in [-0.2, 0) is 9.59 Å². The molecule has 1 rings (SSSR count). The summed E-state index contributed by atoms with van der Waals surface area (Å²) in [7, 11) is 1.57. The van der Waals surface area contributed by atoms with Crippen LogP contribution in [0.15, 0.2) is 30.3 Å². The standard InChI is InChI=1S/C14H21N3O2/c1-10(2)16-12(18)9-17(3)14(19)13(15)11-7-5-4-6-8-11/h4-8,10,13H,9,15H2,1-3H3,(H,16,18)/t13-/m0/s1. The number of amides is 2. The van der Waals surface area contributed by atoms with E-state index in [1.54, 1.807) is 19.2 Å². The molecule has 1 aromatic rings. The number of hydrogen-bond acceptors (Lipinski definition) is 3. The first-order chi connectivity index (χ1) is 8.91. The Balaban J connectivity index is 2.60. The summed E-state index contributed by atoms with van der Waals surface area (Å²) in [6.07, 6.45) is 0. The van der Waals surface area contributed by atoms with Gasteiger partial charge >= 0.3 is 0 Å². The average molecular weight is 263 g/mol. The summed E-state index contributed by atoms with van der Waals surface area (Å²) in [6, 6.07) is 8.43. The topological polar surface area (TPSA) is 75.4 Å². The van der Waals surface area contributed by atoms with E-state index in [1.807, 2.05) is 32.0 Å². The molecular weight excluding hydrogens is 242 g/mol. The maximum absolute atomic E-state index is 12.1. The molecule has 0 unspecified atom stereocenters. The Morgan fingerprint density at radius 2 is 1.84 bits per heavy atom. The predicted molar refractivity (Wildman–Crippen MR) is 74.3 cm³/mol. The van der Waals surface area contributed by atoms with Crippen molar-refractivity contribution >= 4 is 11.8 Å². The van der Waals surface area contributed by atoms with Gasteiger partial charge in [-0.2, -0.15) is 0 Å². The Bertz CT molecular complexity index is 432. The summed E-state index contributed by atoms with van der Waals surface area (Å²) in [4.78, 5) is 25.0. The highest BCUT2D eigenvalue weighted by molar-refractivity contribution is 5.88. The molecule has 0 aliphatic rings. The third kappa shape index (κ3) is 4.71. The first-order valence-corrected chi connectivity index (χ1v) is 6.26. The number of carbonyl (C=O) groups is 2. The van der Waals surface area contributed by atoms with Gasteiger partial charge in [-0.05, 0) is 19.4 Å². The van der Waals surface area contributed by atoms with Crippen molar-refractivity contribution < 1.29 is 9.59 Å². The van der Waals surface area contributed by atoms with E-state index >= 15 is 0 Å². The van der Waals surface area contributed by atoms with Gasteiger partial charge in [-0.3, -0.25) is 9.59 Å². The lowest BCUT2D eigenvalue weighted by Crippen LogP contribution is -2.43. The first-order valence-electron chi connectivity index (χ1n) is 6.26. The van der Waals surface area contributed by atoms with E-state index in [0.29, 0.717) is 0 Å². The van der Waals surface area contributed by atoms with Gasteiger partial charge in [-0.15, -0.1) is 0 Å². The van der Waals surface area contributed by atoms with Crippen LogP contribution in [0.25, 0.3) is 0 Å². The molecule has 1 aromatic carbocycles. The quantitative estimate of drug-likeness (QED) is 0.820. The summed E-state index contributed by atoms with van der Waals surface area (Å²) < 4.78 is 0. The zero-order chi connectivity index (χ0) is 14.4. The van der Waals surface area contributed by atoms with Crippen LogP contribution < -0.4 is 11.1 Å². The van der Waals surface area contributed by atoms with Crippen molar-refractivity contribution in [3.05, 3.63) is 35.9 Å². The van der Waals surface area contributed by atoms with Crippen LogP contribution in [0.1, 0.15) is 25.5 Å². The number of nitrogens with one attached hydrogen (secondary N) is 1. The molecule has 3 N–H and O–H groups in total. The molecule has 104 valence electrons. The lowest BCUT2D eigenvalue weighted by Gasteiger charge is -2.21. The first kappa shape index (κ1) is 15.2. The number of carbonyl (C=O) groups excluding carboxylic acids is 2. The van der Waals surface area contributed by atoms with Crippen molar-refractivity contribution in [2.24, 2.45) is 5.73 Å². The van der Waals surface area contributed by atoms with Gasteiger partial charge in [-0.1, -0.05) is 30.3 Å². The third-order valence-electron chi connectivity index (χ3n) is 2.63. The van der Waals surface area contributed by atoms with E-state index in [-0.39, 0.29) is 24.4 Å². The number of hydrogen-bond donors (Lipinski definition) is 2. The zero-order valence-electron chi connectivity index (χ0n) is 11.6. The second-order valence-electron chi connectivity index (χ2n) is 4.80. The van der Waals surface area contributed by atoms with E-state index in [9.17, 15) is 9.59 Å². The Labute approximate surface area is 113 Å². The monoisotopic (exact) mass is 263 g/mol. The molecule has 0 aliphatic heterocycles. The summed E-state index contributed by atoms with van der Waals surface area (Å²) in [5.74, 6) is -0.462. The van der Waals surface area contributed by atoms with Crippen LogP contribution >= 0.6 is 0 Å². The van der Waals surface area contributed by atoms with Crippen molar-refractivity contribution in [3.8, 4) is 0 Å². The van der Waals surface area contributed by atoms with Crippen molar-refractivity contribution in [1.82, 2.24) is 10.2 Å². The average Bonchev–Trinajstić information content (AvgIpc) is 2.36. The predicted octanol–water partition coefficient (Wildman–Crippen LogP) is 0.669. The molecular formula is C14H21N3O2. The molecule has 0 heterocycles. The second kappa shape index (κ2) is 6.89. The Hall–Kier alpha value is -1.88. The van der Waals surface area contributed by atoms with Crippen LogP contribution in [0.2, 0.25) is 0 Å². The fourth-order valence-electron chi connectivity index (χ4n) is 1.70. The molecule has 1 atom stereocenters. The normalized spacial score (nSPS) is 12.1. The number of nitrogens with two attached hydrogens (primary N) is 1. The Kier molecular flexibility index (Phi) is 5.51. The summed E-state index contributed by atoms with van der Waals surface area (Å²) in [5.41, 5.74) is 6.63. The molecule has 19 heavy (non-hydrogen) atoms. The number of likely N-dealkylation sites (N-methyl/N-ethyl adjacent to an activating group) is 1. The van der Waals surface area contributed by atoms with E-state index in [1.165, 1.54) is 4.90 Å². The van der Waals surface area contributed by atoms with Gasteiger partial charge in [0.25, 0.3) is 0 Å². The Morgan fingerprint density at radius 1 is 1.26 bits per heavy atom. The molecule has 0 aliphatic carbocycles. The number of nitrogens with zero attached hydrogens (tertiary/aromatic N) is 1. The highest BCUT2D eigenvalue weighted by Crippen LogP contribution is 2.11. The van der Waals surface area contributed by atoms with Gasteiger partial charge in [0.1, 0.15) is 6.04 Å². The third-order valence-corrected chi connectivity index (χ3v) is 2.63. The minimum Gasteiger partial charge on any atom is -0.352 e. The highest BCUT2D eigenvalue weighted by Gasteiger charge is 2.21. The molecule has 5 heteroatoms. The highest BCUT2D eigenvalue weighted by atomic mass is 16.2. The summed E-state index contributed by atoms with van der Waals surface area (Å²) in [5, 5.41) is 2.73. The molecule has 0 spiro atoms. The van der Waals surface area contributed by atoms with Crippen molar-refractivity contribution in [3.63, 3.8) is 0 Å². The van der Waals surface area contributed by atoms with Gasteiger partial charge in [0.2, 0.25) is 11.8 Å². The van der Waals surface area contributed by atoms with Gasteiger partial charge < -0.3 is 16.0 Å². The van der Waals surface area contributed by atoms with E-state index in [2.05, 4.69) is 5.32 Å². The van der Waals surface area contributed by atoms with Gasteiger partial charge in [0, 0.05) is 13.1 Å². The smallest absolute Gasteiger partial charge is 0.244 e. The van der Waals surface area contributed by atoms with Crippen LogP contribution in [-0.4, -0.2) is 36.3 Å². The van der Waals surface area contributed by atoms with Crippen LogP contribution in [0.5, 0.6) is 0 Å². The van der Waals surface area contributed by atoms with Crippen LogP contribution in [0.3, 0.4) is 0 Å². The van der Waals surface area contributed by atoms with Crippen molar-refractivity contribution in [2.45, 2.75) is 25.9 Å². The largest absolute Gasteiger partial charge is 0.352 e. The van der Waals surface area contributed by atoms with Gasteiger partial charge in [0.15, 0.2) is 0 Å². The molecule has 5 nitrogen and oxygen atoms in total. The lowest BCUT2D eigenvalue weighted by atomic mass is 10.1. The SMILES string of the molecule is CC(C)NC(=O)CN(C)C(=O)[C@@H](N)c1ccccc1. The van der Waals surface area contributed by atoms with Crippen molar-refractivity contribution in [1.29, 1.82) is 0 Å². The van der Waals surface area contributed by atoms with Crippen molar-refractivity contribution in [2.75, 3.05) is 13.6 Å². The summed E-state index contributed by atoms with van der Waals surface area (Å²) in [6.45, 7) is 3.75. The minimum absolute atomic E-state index is 0.0115. The molecule has 0 radical (unpaired) electrons. The van der Waals surface area contributed by atoms with E-state index in [4.69, 9.17) is 5.73 Å². The molecule has 0 aromatic heterocycles. The molecule has 2 amide bonds. The van der Waals surface area contributed by atoms with Gasteiger partial charge in [-0.25, -0.2) is 0 Å².